The van der Waals surface area contributed by atoms with Crippen LogP contribution < -0.4 is 0 Å². The zero-order valence-electron chi connectivity index (χ0n) is 13.0. The summed E-state index contributed by atoms with van der Waals surface area (Å²) in [6, 6.07) is 26.9. The molecule has 0 N–H and O–H groups in total. The van der Waals surface area contributed by atoms with Crippen molar-refractivity contribution in [3.05, 3.63) is 83.9 Å². The molecule has 24 heavy (non-hydrogen) atoms. The molecule has 1 aliphatic rings. The fraction of sp³-hybridized carbons (Fsp3) is 0.0435. The SMILES string of the molecule is c1ccc2cc3c(cc2c1)Cc1ccc2sc4ccccc4c2c1-3. The van der Waals surface area contributed by atoms with Crippen LogP contribution in [-0.2, 0) is 6.42 Å². The lowest BCUT2D eigenvalue weighted by molar-refractivity contribution is 1.27. The molecule has 0 unspecified atom stereocenters. The van der Waals surface area contributed by atoms with Gasteiger partial charge in [0.15, 0.2) is 0 Å². The molecule has 0 aliphatic heterocycles. The van der Waals surface area contributed by atoms with Crippen LogP contribution in [0.2, 0.25) is 0 Å². The van der Waals surface area contributed by atoms with E-state index in [2.05, 4.69) is 72.8 Å². The molecular formula is C23H14S. The van der Waals surface area contributed by atoms with Crippen LogP contribution in [0.3, 0.4) is 0 Å². The van der Waals surface area contributed by atoms with Crippen LogP contribution in [0.25, 0.3) is 42.1 Å². The summed E-state index contributed by atoms with van der Waals surface area (Å²) in [6.45, 7) is 0. The molecule has 1 heterocycles. The lowest BCUT2D eigenvalue weighted by Crippen LogP contribution is -1.81. The van der Waals surface area contributed by atoms with Crippen molar-refractivity contribution in [2.45, 2.75) is 6.42 Å². The molecule has 0 bridgehead atoms. The van der Waals surface area contributed by atoms with Gasteiger partial charge in [-0.25, -0.2) is 0 Å². The van der Waals surface area contributed by atoms with Gasteiger partial charge < -0.3 is 0 Å². The van der Waals surface area contributed by atoms with E-state index < -0.39 is 0 Å². The Morgan fingerprint density at radius 1 is 0.667 bits per heavy atom. The van der Waals surface area contributed by atoms with Crippen LogP contribution in [-0.4, -0.2) is 0 Å². The van der Waals surface area contributed by atoms with Crippen LogP contribution in [0.5, 0.6) is 0 Å². The van der Waals surface area contributed by atoms with Crippen LogP contribution in [0.4, 0.5) is 0 Å². The van der Waals surface area contributed by atoms with Crippen LogP contribution in [0, 0.1) is 0 Å². The van der Waals surface area contributed by atoms with E-state index in [1.165, 1.54) is 53.2 Å². The largest absolute Gasteiger partial charge is 0.135 e. The fourth-order valence-electron chi connectivity index (χ4n) is 4.19. The van der Waals surface area contributed by atoms with Crippen molar-refractivity contribution in [2.75, 3.05) is 0 Å². The predicted molar refractivity (Wildman–Crippen MR) is 105 cm³/mol. The minimum atomic E-state index is 1.05. The highest BCUT2D eigenvalue weighted by Gasteiger charge is 2.23. The zero-order valence-corrected chi connectivity index (χ0v) is 13.9. The molecule has 4 aromatic carbocycles. The smallest absolute Gasteiger partial charge is 0.0361 e. The first kappa shape index (κ1) is 12.7. The topological polar surface area (TPSA) is 0 Å². The number of rotatable bonds is 0. The molecule has 0 radical (unpaired) electrons. The van der Waals surface area contributed by atoms with Gasteiger partial charge in [0.25, 0.3) is 0 Å². The summed E-state index contributed by atoms with van der Waals surface area (Å²) in [5.74, 6) is 0. The Balaban J connectivity index is 1.80. The molecule has 1 aromatic heterocycles. The molecular weight excluding hydrogens is 308 g/mol. The van der Waals surface area contributed by atoms with Crippen molar-refractivity contribution in [1.29, 1.82) is 0 Å². The summed E-state index contributed by atoms with van der Waals surface area (Å²) < 4.78 is 2.78. The van der Waals surface area contributed by atoms with Crippen molar-refractivity contribution in [3.8, 4) is 11.1 Å². The third-order valence-corrected chi connectivity index (χ3v) is 6.39. The first-order valence-electron chi connectivity index (χ1n) is 8.34. The molecule has 112 valence electrons. The van der Waals surface area contributed by atoms with Gasteiger partial charge in [-0.2, -0.15) is 0 Å². The van der Waals surface area contributed by atoms with Gasteiger partial charge in [-0.1, -0.05) is 54.6 Å². The third kappa shape index (κ3) is 1.58. The van der Waals surface area contributed by atoms with Crippen LogP contribution in [0.1, 0.15) is 11.1 Å². The number of benzene rings is 4. The average Bonchev–Trinajstić information content (AvgIpc) is 3.16. The number of thiophene rings is 1. The molecule has 1 aliphatic carbocycles. The predicted octanol–water partition coefficient (Wildman–Crippen LogP) is 6.78. The zero-order chi connectivity index (χ0) is 15.7. The summed E-state index contributed by atoms with van der Waals surface area (Å²) in [4.78, 5) is 0. The molecule has 0 fully saturated rings. The second-order valence-electron chi connectivity index (χ2n) is 6.60. The Morgan fingerprint density at radius 3 is 2.38 bits per heavy atom. The van der Waals surface area contributed by atoms with Gasteiger partial charge in [0.2, 0.25) is 0 Å². The van der Waals surface area contributed by atoms with Crippen LogP contribution >= 0.6 is 11.3 Å². The monoisotopic (exact) mass is 322 g/mol. The van der Waals surface area contributed by atoms with Crippen molar-refractivity contribution in [3.63, 3.8) is 0 Å². The molecule has 0 nitrogen and oxygen atoms in total. The van der Waals surface area contributed by atoms with Gasteiger partial charge in [0, 0.05) is 20.2 Å². The Labute approximate surface area is 144 Å². The molecule has 0 saturated heterocycles. The Kier molecular flexibility index (Phi) is 2.37. The molecule has 0 atom stereocenters. The third-order valence-electron chi connectivity index (χ3n) is 5.25. The summed E-state index contributed by atoms with van der Waals surface area (Å²) in [5, 5.41) is 5.52. The van der Waals surface area contributed by atoms with E-state index in [-0.39, 0.29) is 0 Å². The maximum absolute atomic E-state index is 2.39. The molecule has 0 saturated carbocycles. The van der Waals surface area contributed by atoms with E-state index in [4.69, 9.17) is 0 Å². The molecule has 6 rings (SSSR count). The average molecular weight is 322 g/mol. The highest BCUT2D eigenvalue weighted by molar-refractivity contribution is 7.25. The summed E-state index contributed by atoms with van der Waals surface area (Å²) in [6.07, 6.45) is 1.05. The quantitative estimate of drug-likeness (QED) is 0.289. The minimum absolute atomic E-state index is 1.05. The summed E-state index contributed by atoms with van der Waals surface area (Å²) in [7, 11) is 0. The van der Waals surface area contributed by atoms with E-state index in [0.29, 0.717) is 0 Å². The highest BCUT2D eigenvalue weighted by atomic mass is 32.1. The highest BCUT2D eigenvalue weighted by Crippen LogP contribution is 2.47. The van der Waals surface area contributed by atoms with Gasteiger partial charge in [0.1, 0.15) is 0 Å². The van der Waals surface area contributed by atoms with Gasteiger partial charge in [-0.05, 0) is 57.6 Å². The minimum Gasteiger partial charge on any atom is -0.135 e. The fourth-order valence-corrected chi connectivity index (χ4v) is 5.30. The first-order chi connectivity index (χ1) is 11.9. The summed E-state index contributed by atoms with van der Waals surface area (Å²) in [5.41, 5.74) is 5.83. The van der Waals surface area contributed by atoms with E-state index in [0.717, 1.165) is 6.42 Å². The number of hydrogen-bond donors (Lipinski definition) is 0. The lowest BCUT2D eigenvalue weighted by Gasteiger charge is -2.06. The lowest BCUT2D eigenvalue weighted by atomic mass is 9.97. The maximum atomic E-state index is 2.39. The van der Waals surface area contributed by atoms with E-state index in [1.54, 1.807) is 0 Å². The standard InChI is InChI=1S/C23H14S/c1-2-6-15-13-19-17(11-14(15)5-1)12-16-9-10-21-23(22(16)19)18-7-3-4-8-20(18)24-21/h1-11,13H,12H2. The Bertz CT molecular complexity index is 1270. The number of fused-ring (bicyclic) bond motifs is 8. The molecule has 1 heteroatoms. The van der Waals surface area contributed by atoms with E-state index in [1.807, 2.05) is 11.3 Å². The Hall–Kier alpha value is -2.64. The van der Waals surface area contributed by atoms with Gasteiger partial charge in [-0.3, -0.25) is 0 Å². The van der Waals surface area contributed by atoms with E-state index >= 15 is 0 Å². The Morgan fingerprint density at radius 2 is 1.46 bits per heavy atom. The first-order valence-corrected chi connectivity index (χ1v) is 9.15. The van der Waals surface area contributed by atoms with Crippen molar-refractivity contribution in [2.24, 2.45) is 0 Å². The number of hydrogen-bond acceptors (Lipinski definition) is 1. The second kappa shape index (κ2) is 4.46. The van der Waals surface area contributed by atoms with Crippen molar-refractivity contribution >= 4 is 42.3 Å². The molecule has 0 amide bonds. The second-order valence-corrected chi connectivity index (χ2v) is 7.69. The molecule has 5 aromatic rings. The van der Waals surface area contributed by atoms with Gasteiger partial charge in [0.05, 0.1) is 0 Å². The van der Waals surface area contributed by atoms with Gasteiger partial charge >= 0.3 is 0 Å². The van der Waals surface area contributed by atoms with Crippen molar-refractivity contribution < 1.29 is 0 Å². The van der Waals surface area contributed by atoms with Crippen molar-refractivity contribution in [1.82, 2.24) is 0 Å². The maximum Gasteiger partial charge on any atom is 0.0361 e. The normalized spacial score (nSPS) is 12.8. The van der Waals surface area contributed by atoms with E-state index in [9.17, 15) is 0 Å². The van der Waals surface area contributed by atoms with Gasteiger partial charge in [-0.15, -0.1) is 11.3 Å². The van der Waals surface area contributed by atoms with Crippen LogP contribution in [0.15, 0.2) is 72.8 Å². The molecule has 0 spiro atoms. The summed E-state index contributed by atoms with van der Waals surface area (Å²) >= 11 is 1.91.